The van der Waals surface area contributed by atoms with Crippen molar-refractivity contribution in [2.24, 2.45) is 0 Å². The van der Waals surface area contributed by atoms with Gasteiger partial charge in [-0.15, -0.1) is 0 Å². The maximum atomic E-state index is 14.2. The summed E-state index contributed by atoms with van der Waals surface area (Å²) in [5.41, 5.74) is 4.01. The Labute approximate surface area is 377 Å². The van der Waals surface area contributed by atoms with Crippen LogP contribution in [0.15, 0.2) is 77.7 Å². The molecule has 0 radical (unpaired) electrons. The van der Waals surface area contributed by atoms with Crippen molar-refractivity contribution in [3.8, 4) is 5.75 Å². The number of phenols is 1. The fourth-order valence-electron chi connectivity index (χ4n) is 9.02. The van der Waals surface area contributed by atoms with Gasteiger partial charge in [-0.05, 0) is 92.5 Å². The van der Waals surface area contributed by atoms with Gasteiger partial charge < -0.3 is 20.6 Å². The smallest absolute Gasteiger partial charge is 0.264 e. The van der Waals surface area contributed by atoms with Crippen LogP contribution in [0.2, 0.25) is 0 Å². The lowest BCUT2D eigenvalue weighted by Crippen LogP contribution is -2.54. The van der Waals surface area contributed by atoms with Gasteiger partial charge in [0.15, 0.2) is 0 Å². The van der Waals surface area contributed by atoms with E-state index in [1.165, 1.54) is 73.2 Å². The van der Waals surface area contributed by atoms with Crippen LogP contribution in [-0.4, -0.2) is 90.3 Å². The van der Waals surface area contributed by atoms with Crippen LogP contribution in [0.4, 0.5) is 11.4 Å². The zero-order chi connectivity index (χ0) is 46.7. The molecule has 0 aromatic heterocycles. The fraction of sp³-hybridized carbons (Fsp3) is 0.354. The summed E-state index contributed by atoms with van der Waals surface area (Å²) in [4.78, 5) is 93.6. The van der Waals surface area contributed by atoms with E-state index in [0.717, 1.165) is 33.2 Å². The number of piperidine rings is 1. The lowest BCUT2D eigenvalue weighted by Gasteiger charge is -2.27. The summed E-state index contributed by atoms with van der Waals surface area (Å²) < 4.78 is 28.8. The molecule has 1 atom stereocenters. The molecule has 340 valence electrons. The molecule has 7 rings (SSSR count). The van der Waals surface area contributed by atoms with Crippen LogP contribution in [0, 0.1) is 20.8 Å². The molecule has 1 aliphatic carbocycles. The number of aryl methyl sites for hydroxylation is 3. The maximum Gasteiger partial charge on any atom is 0.264 e. The normalized spacial score (nSPS) is 16.6. The Hall–Kier alpha value is -6.72. The number of aromatic hydroxyl groups is 1. The number of carbonyl (C=O) groups excluding carboxylic acids is 7. The second kappa shape index (κ2) is 19.2. The summed E-state index contributed by atoms with van der Waals surface area (Å²) >= 11 is 0. The molecule has 3 aliphatic rings. The molecule has 2 heterocycles. The van der Waals surface area contributed by atoms with Crippen LogP contribution in [0.1, 0.15) is 116 Å². The summed E-state index contributed by atoms with van der Waals surface area (Å²) in [5.74, 6) is -4.70. The molecular formula is C48H52N6O10S. The van der Waals surface area contributed by atoms with Crippen molar-refractivity contribution in [2.45, 2.75) is 95.5 Å². The molecule has 7 amide bonds. The molecule has 0 spiro atoms. The van der Waals surface area contributed by atoms with Crippen LogP contribution in [0.3, 0.4) is 0 Å². The first-order valence-electron chi connectivity index (χ1n) is 21.6. The number of amides is 7. The van der Waals surface area contributed by atoms with Gasteiger partial charge in [0.2, 0.25) is 33.7 Å². The van der Waals surface area contributed by atoms with Crippen LogP contribution in [0.5, 0.6) is 5.75 Å². The largest absolute Gasteiger partial charge is 0.507 e. The number of hydrogen-bond acceptors (Lipinski definition) is 10. The number of benzene rings is 4. The van der Waals surface area contributed by atoms with Crippen molar-refractivity contribution in [2.75, 3.05) is 30.4 Å². The van der Waals surface area contributed by atoms with Crippen LogP contribution in [-0.2, 0) is 35.7 Å². The van der Waals surface area contributed by atoms with Crippen molar-refractivity contribution in [3.05, 3.63) is 117 Å². The van der Waals surface area contributed by atoms with Gasteiger partial charge in [-0.25, -0.2) is 8.42 Å². The molecule has 1 unspecified atom stereocenters. The van der Waals surface area contributed by atoms with Gasteiger partial charge in [-0.3, -0.25) is 43.8 Å². The maximum absolute atomic E-state index is 14.2. The van der Waals surface area contributed by atoms with E-state index in [2.05, 4.69) is 28.1 Å². The number of anilines is 2. The van der Waals surface area contributed by atoms with Crippen LogP contribution in [0.25, 0.3) is 0 Å². The van der Waals surface area contributed by atoms with Gasteiger partial charge in [0, 0.05) is 38.2 Å². The minimum atomic E-state index is -4.09. The lowest BCUT2D eigenvalue weighted by atomic mass is 9.84. The first-order valence-corrected chi connectivity index (χ1v) is 23.1. The SMILES string of the molecule is Cc1cc(C)c(S(=O)(=O)N(C)CC(=O)N(Cc2ccc(C3CCCCC3)cc2)c2ccc(C(=O)NCCC(=O)Nc3cccc4c3C(=O)N(C3CCC(=O)NC3=O)C4=O)c(O)c2)c(C)c1. The van der Waals surface area contributed by atoms with E-state index < -0.39 is 69.7 Å². The first-order chi connectivity index (χ1) is 30.9. The fourth-order valence-corrected chi connectivity index (χ4v) is 10.5. The van der Waals surface area contributed by atoms with Crippen molar-refractivity contribution in [1.29, 1.82) is 0 Å². The van der Waals surface area contributed by atoms with Gasteiger partial charge in [0.1, 0.15) is 11.8 Å². The highest BCUT2D eigenvalue weighted by Crippen LogP contribution is 2.35. The van der Waals surface area contributed by atoms with Crippen LogP contribution >= 0.6 is 0 Å². The highest BCUT2D eigenvalue weighted by molar-refractivity contribution is 7.89. The first kappa shape index (κ1) is 46.3. The van der Waals surface area contributed by atoms with E-state index in [9.17, 15) is 47.1 Å². The molecule has 17 heteroatoms. The Morgan fingerprint density at radius 2 is 1.55 bits per heavy atom. The molecule has 2 fully saturated rings. The van der Waals surface area contributed by atoms with Gasteiger partial charge >= 0.3 is 0 Å². The average Bonchev–Trinajstić information content (AvgIpc) is 3.51. The summed E-state index contributed by atoms with van der Waals surface area (Å²) in [6.07, 6.45) is 5.48. The Bertz CT molecular complexity index is 2690. The van der Waals surface area contributed by atoms with E-state index in [-0.39, 0.29) is 65.3 Å². The third-order valence-electron chi connectivity index (χ3n) is 12.2. The predicted molar refractivity (Wildman–Crippen MR) is 241 cm³/mol. The van der Waals surface area contributed by atoms with Crippen molar-refractivity contribution < 1.29 is 47.1 Å². The topological polar surface area (TPSA) is 220 Å². The lowest BCUT2D eigenvalue weighted by molar-refractivity contribution is -0.136. The van der Waals surface area contributed by atoms with Crippen LogP contribution < -0.4 is 20.9 Å². The molecular weight excluding hydrogens is 853 g/mol. The number of fused-ring (bicyclic) bond motifs is 1. The number of sulfonamides is 1. The standard InChI is InChI=1S/C48H52N6O10S/c1-28-23-29(2)44(30(3)24-28)65(63,64)52(4)27-42(58)53(26-31-13-15-33(16-14-31)32-9-6-5-7-10-32)34-17-18-35(39(55)25-34)45(59)49-22-21-41(57)50-37-12-8-11-36-43(37)48(62)54(47(36)61)38-19-20-40(56)51-46(38)60/h8,11-18,23-25,32,38,55H,5-7,9-10,19-22,26-27H2,1-4H3,(H,49,59)(H,50,57)(H,51,56,60). The average molecular weight is 905 g/mol. The van der Waals surface area contributed by atoms with Crippen molar-refractivity contribution in [3.63, 3.8) is 0 Å². The van der Waals surface area contributed by atoms with Gasteiger partial charge in [0.05, 0.1) is 40.4 Å². The molecule has 65 heavy (non-hydrogen) atoms. The third-order valence-corrected chi connectivity index (χ3v) is 14.4. The minimum Gasteiger partial charge on any atom is -0.507 e. The van der Waals surface area contributed by atoms with Gasteiger partial charge in [0.25, 0.3) is 17.7 Å². The highest BCUT2D eigenvalue weighted by Gasteiger charge is 2.45. The zero-order valence-electron chi connectivity index (χ0n) is 36.7. The predicted octanol–water partition coefficient (Wildman–Crippen LogP) is 5.38. The number of nitrogens with zero attached hydrogens (tertiary/aromatic N) is 3. The van der Waals surface area contributed by atoms with E-state index in [1.54, 1.807) is 26.0 Å². The number of hydrogen-bond donors (Lipinski definition) is 4. The minimum absolute atomic E-state index is 0.0120. The molecule has 1 saturated carbocycles. The molecule has 0 bridgehead atoms. The second-order valence-corrected chi connectivity index (χ2v) is 19.0. The molecule has 2 aliphatic heterocycles. The molecule has 16 nitrogen and oxygen atoms in total. The second-order valence-electron chi connectivity index (χ2n) is 17.0. The van der Waals surface area contributed by atoms with E-state index in [0.29, 0.717) is 17.0 Å². The van der Waals surface area contributed by atoms with Crippen molar-refractivity contribution >= 4 is 62.7 Å². The monoisotopic (exact) mass is 904 g/mol. The number of carbonyl (C=O) groups is 7. The summed E-state index contributed by atoms with van der Waals surface area (Å²) in [5, 5.41) is 18.5. The quantitative estimate of drug-likeness (QED) is 0.118. The van der Waals surface area contributed by atoms with E-state index in [1.807, 2.05) is 19.1 Å². The molecule has 4 N–H and O–H groups in total. The Kier molecular flexibility index (Phi) is 13.6. The van der Waals surface area contributed by atoms with Gasteiger partial charge in [-0.2, -0.15) is 4.31 Å². The van der Waals surface area contributed by atoms with Gasteiger partial charge in [-0.1, -0.05) is 67.3 Å². The zero-order valence-corrected chi connectivity index (χ0v) is 37.5. The number of imide groups is 2. The number of rotatable bonds is 14. The number of likely N-dealkylation sites (N-methyl/N-ethyl adjacent to an activating group) is 1. The van der Waals surface area contributed by atoms with Crippen molar-refractivity contribution in [1.82, 2.24) is 19.8 Å². The Morgan fingerprint density at radius 3 is 2.22 bits per heavy atom. The summed E-state index contributed by atoms with van der Waals surface area (Å²) in [6, 6.07) is 18.7. The summed E-state index contributed by atoms with van der Waals surface area (Å²) in [7, 11) is -2.75. The molecule has 4 aromatic carbocycles. The molecule has 1 saturated heterocycles. The van der Waals surface area contributed by atoms with E-state index in [4.69, 9.17) is 0 Å². The number of phenolic OH excluding ortho intramolecular Hbond substituents is 1. The van der Waals surface area contributed by atoms with E-state index >= 15 is 0 Å². The molecule has 4 aromatic rings. The summed E-state index contributed by atoms with van der Waals surface area (Å²) in [6.45, 7) is 4.63. The third kappa shape index (κ3) is 9.85. The highest BCUT2D eigenvalue weighted by atomic mass is 32.2. The Balaban J connectivity index is 1.03. The Morgan fingerprint density at radius 1 is 0.862 bits per heavy atom. The number of nitrogens with one attached hydrogen (secondary N) is 3.